The largest absolute Gasteiger partial charge is 0.474 e. The van der Waals surface area contributed by atoms with Gasteiger partial charge in [-0.3, -0.25) is 4.79 Å². The molecule has 1 saturated carbocycles. The molecule has 120 valence electrons. The van der Waals surface area contributed by atoms with Crippen LogP contribution in [-0.2, 0) is 0 Å². The number of anilines is 1. The smallest absolute Gasteiger partial charge is 0.260 e. The summed E-state index contributed by atoms with van der Waals surface area (Å²) in [5.41, 5.74) is 4.70. The molecule has 2 aromatic rings. The molecule has 1 aliphatic heterocycles. The number of carbonyl (C=O) groups excluding carboxylic acids is 1. The molecule has 5 heteroatoms. The average Bonchev–Trinajstić information content (AvgIpc) is 3.31. The van der Waals surface area contributed by atoms with Crippen LogP contribution < -0.4 is 9.64 Å². The number of pyridine rings is 1. The van der Waals surface area contributed by atoms with Gasteiger partial charge in [0.1, 0.15) is 12.3 Å². The predicted molar refractivity (Wildman–Crippen MR) is 88.3 cm³/mol. The highest BCUT2D eigenvalue weighted by Crippen LogP contribution is 2.39. The first-order valence-corrected chi connectivity index (χ1v) is 8.17. The van der Waals surface area contributed by atoms with Crippen LogP contribution in [0.5, 0.6) is 5.88 Å². The predicted octanol–water partition coefficient (Wildman–Crippen LogP) is 3.18. The Hall–Kier alpha value is -2.30. The van der Waals surface area contributed by atoms with Gasteiger partial charge in [0.2, 0.25) is 5.88 Å². The third-order valence-corrected chi connectivity index (χ3v) is 4.70. The quantitative estimate of drug-likeness (QED) is 0.856. The van der Waals surface area contributed by atoms with Crippen LogP contribution in [0.2, 0.25) is 0 Å². The first-order valence-electron chi connectivity index (χ1n) is 8.17. The highest BCUT2D eigenvalue weighted by Gasteiger charge is 2.31. The number of nitrogens with zero attached hydrogens (tertiary/aromatic N) is 3. The summed E-state index contributed by atoms with van der Waals surface area (Å²) in [6, 6.07) is 6.45. The molecule has 0 bridgehead atoms. The molecule has 1 amide bonds. The van der Waals surface area contributed by atoms with Gasteiger partial charge in [-0.15, -0.1) is 0 Å². The molecule has 0 aromatic carbocycles. The average molecular weight is 311 g/mol. The third-order valence-electron chi connectivity index (χ3n) is 4.70. The molecule has 5 nitrogen and oxygen atoms in total. The fourth-order valence-electron chi connectivity index (χ4n) is 3.44. The van der Waals surface area contributed by atoms with Crippen molar-refractivity contribution in [3.05, 3.63) is 40.8 Å². The van der Waals surface area contributed by atoms with Gasteiger partial charge in [0.15, 0.2) is 0 Å². The van der Waals surface area contributed by atoms with Gasteiger partial charge in [0, 0.05) is 23.1 Å². The summed E-state index contributed by atoms with van der Waals surface area (Å²) in [6.07, 6.45) is 2.43. The van der Waals surface area contributed by atoms with Gasteiger partial charge >= 0.3 is 0 Å². The van der Waals surface area contributed by atoms with Gasteiger partial charge in [-0.25, -0.2) is 4.98 Å². The van der Waals surface area contributed by atoms with Crippen LogP contribution in [0, 0.1) is 20.8 Å². The summed E-state index contributed by atoms with van der Waals surface area (Å²) in [7, 11) is 0. The topological polar surface area (TPSA) is 47.4 Å². The fraction of sp³-hybridized carbons (Fsp3) is 0.444. The summed E-state index contributed by atoms with van der Waals surface area (Å²) in [5, 5.41) is 0. The lowest BCUT2D eigenvalue weighted by Crippen LogP contribution is -2.38. The van der Waals surface area contributed by atoms with Gasteiger partial charge < -0.3 is 14.2 Å². The van der Waals surface area contributed by atoms with Crippen molar-refractivity contribution in [2.75, 3.05) is 18.1 Å². The first kappa shape index (κ1) is 14.3. The van der Waals surface area contributed by atoms with Gasteiger partial charge in [-0.05, 0) is 51.8 Å². The Morgan fingerprint density at radius 3 is 2.78 bits per heavy atom. The Bertz CT molecular complexity index is 790. The van der Waals surface area contributed by atoms with E-state index in [0.717, 1.165) is 22.6 Å². The van der Waals surface area contributed by atoms with E-state index < -0.39 is 0 Å². The van der Waals surface area contributed by atoms with E-state index >= 15 is 0 Å². The molecule has 0 radical (unpaired) electrons. The van der Waals surface area contributed by atoms with Crippen molar-refractivity contribution >= 4 is 11.6 Å². The van der Waals surface area contributed by atoms with Crippen molar-refractivity contribution in [3.63, 3.8) is 0 Å². The van der Waals surface area contributed by atoms with E-state index in [1.54, 1.807) is 4.90 Å². The molecule has 0 atom stereocenters. The van der Waals surface area contributed by atoms with Crippen LogP contribution in [0.1, 0.15) is 46.3 Å². The van der Waals surface area contributed by atoms with E-state index in [2.05, 4.69) is 16.5 Å². The maximum absolute atomic E-state index is 13.1. The molecule has 0 spiro atoms. The molecule has 23 heavy (non-hydrogen) atoms. The minimum atomic E-state index is 0.0419. The number of amides is 1. The highest BCUT2D eigenvalue weighted by atomic mass is 16.5. The van der Waals surface area contributed by atoms with E-state index in [9.17, 15) is 4.79 Å². The van der Waals surface area contributed by atoms with Crippen LogP contribution in [0.3, 0.4) is 0 Å². The minimum Gasteiger partial charge on any atom is -0.474 e. The monoisotopic (exact) mass is 311 g/mol. The lowest BCUT2D eigenvalue weighted by Gasteiger charge is -2.28. The lowest BCUT2D eigenvalue weighted by atomic mass is 10.2. The normalized spacial score (nSPS) is 16.9. The zero-order valence-corrected chi connectivity index (χ0v) is 13.8. The van der Waals surface area contributed by atoms with E-state index in [0.29, 0.717) is 25.1 Å². The Labute approximate surface area is 135 Å². The molecular formula is C18H21N3O2. The molecule has 1 fully saturated rings. The lowest BCUT2D eigenvalue weighted by molar-refractivity contribution is 0.0975. The number of rotatable bonds is 2. The van der Waals surface area contributed by atoms with Crippen LogP contribution in [0.25, 0.3) is 0 Å². The molecule has 1 aliphatic carbocycles. The Balaban J connectivity index is 1.72. The molecule has 0 unspecified atom stereocenters. The van der Waals surface area contributed by atoms with Gasteiger partial charge in [-0.1, -0.05) is 0 Å². The van der Waals surface area contributed by atoms with Crippen molar-refractivity contribution in [1.82, 2.24) is 9.55 Å². The van der Waals surface area contributed by atoms with E-state index in [1.807, 2.05) is 32.0 Å². The van der Waals surface area contributed by atoms with E-state index in [-0.39, 0.29) is 5.91 Å². The maximum atomic E-state index is 13.1. The number of carbonyl (C=O) groups is 1. The summed E-state index contributed by atoms with van der Waals surface area (Å²) >= 11 is 0. The van der Waals surface area contributed by atoms with Crippen molar-refractivity contribution in [1.29, 1.82) is 0 Å². The van der Waals surface area contributed by atoms with E-state index in [4.69, 9.17) is 4.74 Å². The van der Waals surface area contributed by atoms with Crippen LogP contribution in [0.4, 0.5) is 5.69 Å². The second-order valence-electron chi connectivity index (χ2n) is 6.47. The molecular weight excluding hydrogens is 290 g/mol. The number of aryl methyl sites for hydroxylation is 2. The van der Waals surface area contributed by atoms with Crippen LogP contribution in [0.15, 0.2) is 18.2 Å². The minimum absolute atomic E-state index is 0.0419. The summed E-state index contributed by atoms with van der Waals surface area (Å²) in [6.45, 7) is 7.10. The summed E-state index contributed by atoms with van der Waals surface area (Å²) < 4.78 is 7.93. The molecule has 0 N–H and O–H groups in total. The number of ether oxygens (including phenoxy) is 1. The van der Waals surface area contributed by atoms with E-state index in [1.165, 1.54) is 18.5 Å². The van der Waals surface area contributed by atoms with Crippen molar-refractivity contribution < 1.29 is 9.53 Å². The van der Waals surface area contributed by atoms with Gasteiger partial charge in [0.25, 0.3) is 5.91 Å². The third kappa shape index (κ3) is 2.31. The molecule has 3 heterocycles. The SMILES string of the molecule is Cc1ccc2c(n1)OCCN2C(=O)c1cc(C)n(C2CC2)c1C. The second-order valence-corrected chi connectivity index (χ2v) is 6.47. The van der Waals surface area contributed by atoms with Gasteiger partial charge in [0.05, 0.1) is 12.1 Å². The van der Waals surface area contributed by atoms with Crippen molar-refractivity contribution in [2.24, 2.45) is 0 Å². The summed E-state index contributed by atoms with van der Waals surface area (Å²) in [5.74, 6) is 0.598. The van der Waals surface area contributed by atoms with Crippen LogP contribution in [-0.4, -0.2) is 28.6 Å². The number of aromatic nitrogens is 2. The Morgan fingerprint density at radius 2 is 2.04 bits per heavy atom. The standard InChI is InChI=1S/C18H21N3O2/c1-11-4-7-16-17(19-11)23-9-8-20(16)18(22)15-10-12(2)21(13(15)3)14-5-6-14/h4,7,10,14H,5-6,8-9H2,1-3H3. The zero-order chi connectivity index (χ0) is 16.1. The van der Waals surface area contributed by atoms with Gasteiger partial charge in [-0.2, -0.15) is 0 Å². The van der Waals surface area contributed by atoms with Crippen molar-refractivity contribution in [2.45, 2.75) is 39.7 Å². The highest BCUT2D eigenvalue weighted by molar-refractivity contribution is 6.08. The zero-order valence-electron chi connectivity index (χ0n) is 13.8. The maximum Gasteiger partial charge on any atom is 0.260 e. The molecule has 0 saturated heterocycles. The van der Waals surface area contributed by atoms with Crippen LogP contribution >= 0.6 is 0 Å². The molecule has 4 rings (SSSR count). The fourth-order valence-corrected chi connectivity index (χ4v) is 3.44. The molecule has 2 aliphatic rings. The first-order chi connectivity index (χ1) is 11.1. The Morgan fingerprint density at radius 1 is 1.26 bits per heavy atom. The number of fused-ring (bicyclic) bond motifs is 1. The van der Waals surface area contributed by atoms with Crippen molar-refractivity contribution in [3.8, 4) is 5.88 Å². The molecule has 2 aromatic heterocycles. The summed E-state index contributed by atoms with van der Waals surface area (Å²) in [4.78, 5) is 19.3. The Kier molecular flexibility index (Phi) is 3.18. The number of hydrogen-bond acceptors (Lipinski definition) is 3. The second kappa shape index (κ2) is 5.11. The number of hydrogen-bond donors (Lipinski definition) is 0.